The van der Waals surface area contributed by atoms with Crippen LogP contribution in [0.15, 0.2) is 46.2 Å². The maximum absolute atomic E-state index is 11.3. The summed E-state index contributed by atoms with van der Waals surface area (Å²) in [5, 5.41) is 24.0. The number of nitrogens with zero attached hydrogens (tertiary/aromatic N) is 1. The highest BCUT2D eigenvalue weighted by Gasteiger charge is 2.30. The molecule has 0 fully saturated rings. The Bertz CT molecular complexity index is 1390. The third-order valence-corrected chi connectivity index (χ3v) is 10.0. The molecule has 0 radical (unpaired) electrons. The first-order valence-corrected chi connectivity index (χ1v) is 18.5. The number of phenols is 2. The third-order valence-electron chi connectivity index (χ3n) is 8.47. The topological polar surface area (TPSA) is 62.2 Å². The van der Waals surface area contributed by atoms with E-state index >= 15 is 0 Å². The number of rotatable bonds is 11. The molecule has 2 aromatic rings. The van der Waals surface area contributed by atoms with Gasteiger partial charge in [-0.2, -0.15) is 0 Å². The Balaban J connectivity index is 2.09. The highest BCUT2D eigenvalue weighted by molar-refractivity contribution is 8.01. The minimum Gasteiger partial charge on any atom is -0.507 e. The van der Waals surface area contributed by atoms with Crippen LogP contribution in [-0.2, 0) is 21.7 Å². The lowest BCUT2D eigenvalue weighted by Gasteiger charge is -2.31. The van der Waals surface area contributed by atoms with Gasteiger partial charge in [-0.3, -0.25) is 0 Å². The molecule has 0 atom stereocenters. The zero-order valence-corrected chi connectivity index (χ0v) is 33.1. The Kier molecular flexibility index (Phi) is 12.5. The highest BCUT2D eigenvalue weighted by Crippen LogP contribution is 2.46. The summed E-state index contributed by atoms with van der Waals surface area (Å²) in [5.41, 5.74) is 2.25. The second-order valence-corrected chi connectivity index (χ2v) is 18.5. The number of benzene rings is 2. The van der Waals surface area contributed by atoms with Gasteiger partial charge in [-0.05, 0) is 52.3 Å². The van der Waals surface area contributed by atoms with Crippen LogP contribution in [0.4, 0.5) is 0 Å². The monoisotopic (exact) mass is 683 g/mol. The molecule has 0 saturated carbocycles. The summed E-state index contributed by atoms with van der Waals surface area (Å²) in [5.74, 6) is 2.55. The molecule has 0 amide bonds. The largest absolute Gasteiger partial charge is 0.507 e. The molecule has 1 aliphatic rings. The molecule has 2 aromatic carbocycles. The Morgan fingerprint density at radius 1 is 0.617 bits per heavy atom. The molecule has 1 heterocycles. The lowest BCUT2D eigenvalue weighted by molar-refractivity contribution is 0.388. The van der Waals surface area contributed by atoms with Gasteiger partial charge in [-0.1, -0.05) is 122 Å². The molecule has 2 N–H and O–H groups in total. The van der Waals surface area contributed by atoms with Crippen molar-refractivity contribution in [2.24, 2.45) is 0 Å². The maximum Gasteiger partial charge on any atom is 0.185 e. The second kappa shape index (κ2) is 15.0. The number of thiol groups is 1. The summed E-state index contributed by atoms with van der Waals surface area (Å²) >= 11 is 6.51. The van der Waals surface area contributed by atoms with Crippen molar-refractivity contribution < 1.29 is 19.7 Å². The molecule has 3 rings (SSSR count). The average Bonchev–Trinajstić information content (AvgIpc) is 2.92. The van der Waals surface area contributed by atoms with E-state index in [2.05, 4.69) is 94.3 Å². The number of hydrogen-bond acceptors (Lipinski definition) is 7. The Morgan fingerprint density at radius 2 is 1.00 bits per heavy atom. The molecule has 1 aliphatic heterocycles. The summed E-state index contributed by atoms with van der Waals surface area (Å²) in [6.45, 7) is 28.3. The second-order valence-electron chi connectivity index (χ2n) is 17.1. The smallest absolute Gasteiger partial charge is 0.185 e. The first kappa shape index (κ1) is 39.1. The van der Waals surface area contributed by atoms with Crippen LogP contribution in [0.1, 0.15) is 151 Å². The van der Waals surface area contributed by atoms with Gasteiger partial charge in [0.05, 0.1) is 0 Å². The number of hydrogen-bond donors (Lipinski definition) is 3. The fourth-order valence-electron chi connectivity index (χ4n) is 5.65. The number of ether oxygens (including phenoxy) is 2. The first-order chi connectivity index (χ1) is 21.5. The summed E-state index contributed by atoms with van der Waals surface area (Å²) in [4.78, 5) is 0. The zero-order chi connectivity index (χ0) is 35.5. The SMILES string of the molecule is CCCCCCCCN1SC(Oc2cc(C(C)(C)C)c(O)c(C(C)(C)C)c2)=CC(Oc2cc(C(C)(C)C)c(O)c(C(C)(C)C)c2)=C1S. The first-order valence-electron chi connectivity index (χ1n) is 17.3. The Morgan fingerprint density at radius 3 is 1.40 bits per heavy atom. The van der Waals surface area contributed by atoms with E-state index in [1.807, 2.05) is 30.3 Å². The standard InChI is InChI=1S/C40H61NO4S2/c1-14-15-16-17-18-19-20-41-36(46)32(44-26-21-28(37(2,3)4)34(42)29(22-26)38(5,6)7)25-33(47-41)45-27-23-30(39(8,9)10)35(43)31(24-27)40(11,12)13/h21-25,42-43,46H,14-20H2,1-13H3. The summed E-state index contributed by atoms with van der Waals surface area (Å²) in [6.07, 6.45) is 9.07. The molecule has 0 bridgehead atoms. The number of unbranched alkanes of at least 4 members (excludes halogenated alkanes) is 5. The van der Waals surface area contributed by atoms with Crippen molar-refractivity contribution in [2.45, 2.75) is 150 Å². The van der Waals surface area contributed by atoms with Crippen molar-refractivity contribution in [2.75, 3.05) is 6.54 Å². The number of aromatic hydroxyl groups is 2. The van der Waals surface area contributed by atoms with E-state index in [1.165, 1.54) is 37.6 Å². The molecule has 0 spiro atoms. The molecule has 0 aliphatic carbocycles. The Hall–Kier alpha value is -2.38. The van der Waals surface area contributed by atoms with Gasteiger partial charge in [0.2, 0.25) is 0 Å². The van der Waals surface area contributed by atoms with Crippen LogP contribution in [0.25, 0.3) is 0 Å². The minimum atomic E-state index is -0.285. The Labute approximate surface area is 295 Å². The normalized spacial score (nSPS) is 14.9. The van der Waals surface area contributed by atoms with Crippen molar-refractivity contribution in [3.8, 4) is 23.0 Å². The maximum atomic E-state index is 11.3. The minimum absolute atomic E-state index is 0.276. The fraction of sp³-hybridized carbons (Fsp3) is 0.600. The molecule has 262 valence electrons. The third kappa shape index (κ3) is 10.3. The molecular weight excluding hydrogens is 623 g/mol. The predicted octanol–water partition coefficient (Wildman–Crippen LogP) is 12.0. The molecule has 7 heteroatoms. The van der Waals surface area contributed by atoms with E-state index in [-0.39, 0.29) is 21.7 Å². The van der Waals surface area contributed by atoms with Gasteiger partial charge < -0.3 is 24.0 Å². The van der Waals surface area contributed by atoms with Crippen molar-refractivity contribution >= 4 is 24.6 Å². The predicted molar refractivity (Wildman–Crippen MR) is 204 cm³/mol. The summed E-state index contributed by atoms with van der Waals surface area (Å²) in [7, 11) is 0. The van der Waals surface area contributed by atoms with E-state index < -0.39 is 0 Å². The number of phenolic OH excluding ortho intramolecular Hbond substituents is 2. The highest BCUT2D eigenvalue weighted by atomic mass is 32.2. The molecule has 0 aromatic heterocycles. The van der Waals surface area contributed by atoms with E-state index in [0.717, 1.165) is 46.7 Å². The summed E-state index contributed by atoms with van der Waals surface area (Å²) in [6, 6.07) is 7.79. The molecule has 0 saturated heterocycles. The van der Waals surface area contributed by atoms with Crippen LogP contribution in [0.5, 0.6) is 23.0 Å². The lowest BCUT2D eigenvalue weighted by Crippen LogP contribution is -2.22. The fourth-order valence-corrected chi connectivity index (χ4v) is 6.89. The van der Waals surface area contributed by atoms with E-state index in [4.69, 9.17) is 22.1 Å². The van der Waals surface area contributed by atoms with Gasteiger partial charge in [-0.25, -0.2) is 0 Å². The molecule has 47 heavy (non-hydrogen) atoms. The van der Waals surface area contributed by atoms with Crippen LogP contribution in [0.3, 0.4) is 0 Å². The van der Waals surface area contributed by atoms with Crippen molar-refractivity contribution in [1.82, 2.24) is 4.31 Å². The van der Waals surface area contributed by atoms with Crippen LogP contribution in [0.2, 0.25) is 0 Å². The van der Waals surface area contributed by atoms with E-state index in [9.17, 15) is 10.2 Å². The van der Waals surface area contributed by atoms with Crippen molar-refractivity contribution in [3.63, 3.8) is 0 Å². The molecular formula is C40H61NO4S2. The van der Waals surface area contributed by atoms with Crippen molar-refractivity contribution in [3.05, 3.63) is 68.5 Å². The molecule has 0 unspecified atom stereocenters. The van der Waals surface area contributed by atoms with E-state index in [0.29, 0.717) is 33.8 Å². The van der Waals surface area contributed by atoms with Gasteiger partial charge in [0.25, 0.3) is 0 Å². The van der Waals surface area contributed by atoms with Gasteiger partial charge in [0.1, 0.15) is 28.0 Å². The number of allylic oxidation sites excluding steroid dienone is 1. The van der Waals surface area contributed by atoms with Crippen LogP contribution in [-0.4, -0.2) is 21.1 Å². The van der Waals surface area contributed by atoms with Gasteiger partial charge in [0, 0.05) is 46.8 Å². The molecule has 5 nitrogen and oxygen atoms in total. The van der Waals surface area contributed by atoms with E-state index in [1.54, 1.807) is 0 Å². The van der Waals surface area contributed by atoms with Crippen LogP contribution in [0, 0.1) is 0 Å². The average molecular weight is 684 g/mol. The summed E-state index contributed by atoms with van der Waals surface area (Å²) < 4.78 is 15.5. The zero-order valence-electron chi connectivity index (χ0n) is 31.4. The quantitative estimate of drug-likeness (QED) is 0.124. The lowest BCUT2D eigenvalue weighted by atomic mass is 9.79. The van der Waals surface area contributed by atoms with Gasteiger partial charge in [-0.15, -0.1) is 12.6 Å². The van der Waals surface area contributed by atoms with Crippen molar-refractivity contribution in [1.29, 1.82) is 0 Å². The van der Waals surface area contributed by atoms with Crippen LogP contribution < -0.4 is 9.47 Å². The van der Waals surface area contributed by atoms with Gasteiger partial charge >= 0.3 is 0 Å². The van der Waals surface area contributed by atoms with Gasteiger partial charge in [0.15, 0.2) is 10.9 Å². The van der Waals surface area contributed by atoms with Crippen LogP contribution >= 0.6 is 24.6 Å².